The summed E-state index contributed by atoms with van der Waals surface area (Å²) in [6, 6.07) is 11.5. The van der Waals surface area contributed by atoms with Crippen molar-refractivity contribution in [2.24, 2.45) is 0 Å². The van der Waals surface area contributed by atoms with E-state index in [2.05, 4.69) is 27.4 Å². The van der Waals surface area contributed by atoms with E-state index in [1.54, 1.807) is 19.0 Å². The van der Waals surface area contributed by atoms with Crippen LogP contribution in [-0.4, -0.2) is 47.6 Å². The summed E-state index contributed by atoms with van der Waals surface area (Å²) in [6.45, 7) is 4.27. The number of carbonyl (C=O) groups excluding carboxylic acids is 2. The SMILES string of the molecule is C=C(C#N)CN1Cc2c(-c3ccc4[nH]nc(C(=O)NC)c4c3)ccc(NC)c2C1=O. The Morgan fingerprint density at radius 1 is 1.33 bits per heavy atom. The number of aromatic nitrogens is 2. The fourth-order valence-corrected chi connectivity index (χ4v) is 3.82. The highest BCUT2D eigenvalue weighted by atomic mass is 16.2. The van der Waals surface area contributed by atoms with Crippen molar-refractivity contribution in [3.8, 4) is 17.2 Å². The number of hydrogen-bond donors (Lipinski definition) is 3. The molecular formula is C22H20N6O2. The maximum Gasteiger partial charge on any atom is 0.272 e. The molecule has 8 nitrogen and oxygen atoms in total. The Labute approximate surface area is 173 Å². The second-order valence-corrected chi connectivity index (χ2v) is 7.05. The zero-order valence-corrected chi connectivity index (χ0v) is 16.7. The van der Waals surface area contributed by atoms with Crippen LogP contribution in [0.1, 0.15) is 26.4 Å². The van der Waals surface area contributed by atoms with Crippen molar-refractivity contribution in [2.45, 2.75) is 6.54 Å². The topological polar surface area (TPSA) is 114 Å². The van der Waals surface area contributed by atoms with E-state index in [0.717, 1.165) is 27.9 Å². The Morgan fingerprint density at radius 2 is 2.13 bits per heavy atom. The van der Waals surface area contributed by atoms with Crippen molar-refractivity contribution in [2.75, 3.05) is 26.0 Å². The third-order valence-corrected chi connectivity index (χ3v) is 5.29. The van der Waals surface area contributed by atoms with Gasteiger partial charge in [-0.05, 0) is 34.9 Å². The van der Waals surface area contributed by atoms with Gasteiger partial charge in [0.2, 0.25) is 0 Å². The molecule has 2 amide bonds. The number of fused-ring (bicyclic) bond motifs is 2. The van der Waals surface area contributed by atoms with E-state index in [4.69, 9.17) is 5.26 Å². The summed E-state index contributed by atoms with van der Waals surface area (Å²) in [5, 5.41) is 22.4. The minimum Gasteiger partial charge on any atom is -0.387 e. The Bertz CT molecular complexity index is 1250. The number of rotatable bonds is 5. The number of carbonyl (C=O) groups is 2. The lowest BCUT2D eigenvalue weighted by Crippen LogP contribution is -2.26. The lowest BCUT2D eigenvalue weighted by molar-refractivity contribution is 0.0794. The largest absolute Gasteiger partial charge is 0.387 e. The molecule has 150 valence electrons. The summed E-state index contributed by atoms with van der Waals surface area (Å²) in [6.07, 6.45) is 0. The predicted molar refractivity (Wildman–Crippen MR) is 114 cm³/mol. The first-order valence-electron chi connectivity index (χ1n) is 9.39. The Kier molecular flexibility index (Phi) is 4.72. The molecule has 0 bridgehead atoms. The highest BCUT2D eigenvalue weighted by Gasteiger charge is 2.32. The van der Waals surface area contributed by atoms with Crippen LogP contribution in [0.15, 0.2) is 42.5 Å². The first kappa shape index (κ1) is 19.2. The maximum absolute atomic E-state index is 13.0. The molecule has 4 rings (SSSR count). The third kappa shape index (κ3) is 2.97. The zero-order valence-electron chi connectivity index (χ0n) is 16.7. The van der Waals surface area contributed by atoms with Gasteiger partial charge in [-0.25, -0.2) is 0 Å². The molecule has 2 aromatic carbocycles. The second-order valence-electron chi connectivity index (χ2n) is 7.05. The molecule has 0 atom stereocenters. The summed E-state index contributed by atoms with van der Waals surface area (Å²) in [7, 11) is 3.33. The van der Waals surface area contributed by atoms with E-state index in [-0.39, 0.29) is 18.4 Å². The van der Waals surface area contributed by atoms with Crippen molar-refractivity contribution < 1.29 is 9.59 Å². The van der Waals surface area contributed by atoms with E-state index in [9.17, 15) is 9.59 Å². The molecule has 1 aromatic heterocycles. The van der Waals surface area contributed by atoms with E-state index in [1.165, 1.54) is 0 Å². The van der Waals surface area contributed by atoms with Crippen LogP contribution in [0.25, 0.3) is 22.0 Å². The first-order chi connectivity index (χ1) is 14.5. The van der Waals surface area contributed by atoms with E-state index in [1.807, 2.05) is 36.4 Å². The molecule has 0 unspecified atom stereocenters. The smallest absolute Gasteiger partial charge is 0.272 e. The second kappa shape index (κ2) is 7.37. The van der Waals surface area contributed by atoms with Gasteiger partial charge in [-0.3, -0.25) is 14.7 Å². The van der Waals surface area contributed by atoms with Gasteiger partial charge in [-0.2, -0.15) is 10.4 Å². The molecule has 1 aliphatic rings. The summed E-state index contributed by atoms with van der Waals surface area (Å²) in [5.41, 5.74) is 5.39. The van der Waals surface area contributed by atoms with Crippen LogP contribution in [0, 0.1) is 11.3 Å². The molecular weight excluding hydrogens is 380 g/mol. The van der Waals surface area contributed by atoms with Crippen LogP contribution < -0.4 is 10.6 Å². The Balaban J connectivity index is 1.84. The number of anilines is 1. The monoisotopic (exact) mass is 400 g/mol. The fraction of sp³-hybridized carbons (Fsp3) is 0.182. The molecule has 0 saturated carbocycles. The number of H-pyrrole nitrogens is 1. The molecule has 0 spiro atoms. The van der Waals surface area contributed by atoms with Crippen molar-refractivity contribution >= 4 is 28.4 Å². The lowest BCUT2D eigenvalue weighted by atomic mass is 9.94. The normalized spacial score (nSPS) is 12.6. The highest BCUT2D eigenvalue weighted by molar-refractivity contribution is 6.07. The molecule has 0 radical (unpaired) electrons. The van der Waals surface area contributed by atoms with E-state index < -0.39 is 0 Å². The van der Waals surface area contributed by atoms with Crippen molar-refractivity contribution in [3.05, 3.63) is 59.3 Å². The molecule has 0 fully saturated rings. The summed E-state index contributed by atoms with van der Waals surface area (Å²) < 4.78 is 0. The molecule has 2 heterocycles. The van der Waals surface area contributed by atoms with Gasteiger partial charge < -0.3 is 15.5 Å². The van der Waals surface area contributed by atoms with Crippen LogP contribution in [0.2, 0.25) is 0 Å². The first-order valence-corrected chi connectivity index (χ1v) is 9.39. The Morgan fingerprint density at radius 3 is 2.83 bits per heavy atom. The van der Waals surface area contributed by atoms with E-state index in [0.29, 0.717) is 28.8 Å². The number of nitriles is 1. The summed E-state index contributed by atoms with van der Waals surface area (Å²) in [4.78, 5) is 26.8. The van der Waals surface area contributed by atoms with Crippen LogP contribution >= 0.6 is 0 Å². The number of benzene rings is 2. The van der Waals surface area contributed by atoms with E-state index >= 15 is 0 Å². The molecule has 3 N–H and O–H groups in total. The molecule has 3 aromatic rings. The van der Waals surface area contributed by atoms with Gasteiger partial charge in [0.15, 0.2) is 5.69 Å². The highest BCUT2D eigenvalue weighted by Crippen LogP contribution is 2.38. The van der Waals surface area contributed by atoms with Gasteiger partial charge in [0.1, 0.15) is 0 Å². The standard InChI is InChI=1S/C22H20N6O2/c1-12(9-23)10-28-11-16-14(5-7-18(24-2)19(16)22(28)30)13-4-6-17-15(8-13)20(27-26-17)21(29)25-3/h4-8,24H,1,10-11H2,2-3H3,(H,25,29)(H,26,27). The van der Waals surface area contributed by atoms with Crippen molar-refractivity contribution in [3.63, 3.8) is 0 Å². The van der Waals surface area contributed by atoms with Gasteiger partial charge in [-0.1, -0.05) is 18.7 Å². The fourth-order valence-electron chi connectivity index (χ4n) is 3.82. The van der Waals surface area contributed by atoms with Crippen LogP contribution in [0.5, 0.6) is 0 Å². The molecule has 0 saturated heterocycles. The number of hydrogen-bond acceptors (Lipinski definition) is 5. The molecule has 1 aliphatic heterocycles. The van der Waals surface area contributed by atoms with Crippen LogP contribution in [0.4, 0.5) is 5.69 Å². The van der Waals surface area contributed by atoms with Crippen LogP contribution in [-0.2, 0) is 6.54 Å². The quantitative estimate of drug-likeness (QED) is 0.570. The third-order valence-electron chi connectivity index (χ3n) is 5.29. The van der Waals surface area contributed by atoms with Gasteiger partial charge >= 0.3 is 0 Å². The predicted octanol–water partition coefficient (Wildman–Crippen LogP) is 2.67. The average Bonchev–Trinajstić information content (AvgIpc) is 3.33. The van der Waals surface area contributed by atoms with Gasteiger partial charge in [0.25, 0.3) is 11.8 Å². The van der Waals surface area contributed by atoms with Crippen molar-refractivity contribution in [1.82, 2.24) is 20.4 Å². The maximum atomic E-state index is 13.0. The minimum atomic E-state index is -0.273. The lowest BCUT2D eigenvalue weighted by Gasteiger charge is -2.14. The molecule has 8 heteroatoms. The van der Waals surface area contributed by atoms with Gasteiger partial charge in [0, 0.05) is 37.3 Å². The minimum absolute atomic E-state index is 0.136. The molecule has 30 heavy (non-hydrogen) atoms. The number of nitrogens with zero attached hydrogens (tertiary/aromatic N) is 3. The average molecular weight is 400 g/mol. The Hall–Kier alpha value is -4.12. The molecule has 0 aliphatic carbocycles. The number of aromatic amines is 1. The van der Waals surface area contributed by atoms with Gasteiger partial charge in [-0.15, -0.1) is 0 Å². The summed E-state index contributed by atoms with van der Waals surface area (Å²) in [5.74, 6) is -0.409. The van der Waals surface area contributed by atoms with Gasteiger partial charge in [0.05, 0.1) is 23.7 Å². The summed E-state index contributed by atoms with van der Waals surface area (Å²) >= 11 is 0. The number of amides is 2. The van der Waals surface area contributed by atoms with Crippen molar-refractivity contribution in [1.29, 1.82) is 5.26 Å². The zero-order chi connectivity index (χ0) is 21.4. The number of nitrogens with one attached hydrogen (secondary N) is 3. The van der Waals surface area contributed by atoms with Crippen LogP contribution in [0.3, 0.4) is 0 Å².